The Bertz CT molecular complexity index is 1440. The van der Waals surface area contributed by atoms with Crippen LogP contribution >= 0.6 is 0 Å². The Morgan fingerprint density at radius 1 is 1.00 bits per heavy atom. The van der Waals surface area contributed by atoms with E-state index in [9.17, 15) is 14.4 Å². The molecule has 0 aliphatic rings. The first-order valence-electron chi connectivity index (χ1n) is 10.5. The topological polar surface area (TPSA) is 99.5 Å². The SMILES string of the molecule is COc1cc2c(=O)c(C(=O)c3ccncc3)cn(CC(=O)Nc3cccc(C)c3)c2cc1OC. The van der Waals surface area contributed by atoms with Gasteiger partial charge >= 0.3 is 0 Å². The number of amides is 1. The van der Waals surface area contributed by atoms with Gasteiger partial charge in [-0.3, -0.25) is 19.4 Å². The molecule has 172 valence electrons. The first-order valence-corrected chi connectivity index (χ1v) is 10.5. The molecule has 0 aliphatic carbocycles. The molecule has 0 spiro atoms. The van der Waals surface area contributed by atoms with Crippen molar-refractivity contribution in [2.45, 2.75) is 13.5 Å². The van der Waals surface area contributed by atoms with Crippen LogP contribution in [-0.4, -0.2) is 35.5 Å². The number of nitrogens with one attached hydrogen (secondary N) is 1. The molecule has 0 saturated carbocycles. The molecule has 1 amide bonds. The molecule has 2 heterocycles. The minimum atomic E-state index is -0.465. The van der Waals surface area contributed by atoms with Crippen molar-refractivity contribution < 1.29 is 19.1 Å². The van der Waals surface area contributed by atoms with E-state index < -0.39 is 11.2 Å². The molecular formula is C26H23N3O5. The third-order valence-corrected chi connectivity index (χ3v) is 5.39. The summed E-state index contributed by atoms with van der Waals surface area (Å²) in [6, 6.07) is 13.6. The average Bonchev–Trinajstić information content (AvgIpc) is 2.85. The van der Waals surface area contributed by atoms with Crippen molar-refractivity contribution in [1.29, 1.82) is 0 Å². The van der Waals surface area contributed by atoms with Crippen LogP contribution < -0.4 is 20.2 Å². The maximum absolute atomic E-state index is 13.3. The van der Waals surface area contributed by atoms with Crippen molar-refractivity contribution >= 4 is 28.3 Å². The Morgan fingerprint density at radius 2 is 1.71 bits per heavy atom. The van der Waals surface area contributed by atoms with Crippen molar-refractivity contribution in [2.75, 3.05) is 19.5 Å². The maximum atomic E-state index is 13.3. The number of aryl methyl sites for hydroxylation is 1. The highest BCUT2D eigenvalue weighted by Crippen LogP contribution is 2.31. The molecule has 8 heteroatoms. The lowest BCUT2D eigenvalue weighted by molar-refractivity contribution is -0.116. The molecule has 4 aromatic rings. The number of hydrogen-bond acceptors (Lipinski definition) is 6. The zero-order chi connectivity index (χ0) is 24.2. The van der Waals surface area contributed by atoms with Crippen molar-refractivity contribution in [3.05, 3.63) is 94.0 Å². The first-order chi connectivity index (χ1) is 16.4. The van der Waals surface area contributed by atoms with E-state index in [1.54, 1.807) is 16.7 Å². The van der Waals surface area contributed by atoms with Crippen LogP contribution in [0.2, 0.25) is 0 Å². The summed E-state index contributed by atoms with van der Waals surface area (Å²) in [6.45, 7) is 1.80. The summed E-state index contributed by atoms with van der Waals surface area (Å²) in [4.78, 5) is 43.3. The minimum Gasteiger partial charge on any atom is -0.493 e. The number of nitrogens with zero attached hydrogens (tertiary/aromatic N) is 2. The lowest BCUT2D eigenvalue weighted by Gasteiger charge is -2.16. The Kier molecular flexibility index (Phi) is 6.40. The smallest absolute Gasteiger partial charge is 0.244 e. The summed E-state index contributed by atoms with van der Waals surface area (Å²) in [7, 11) is 2.95. The number of ether oxygens (including phenoxy) is 2. The summed E-state index contributed by atoms with van der Waals surface area (Å²) in [5.41, 5.74) is 1.90. The Labute approximate surface area is 195 Å². The number of anilines is 1. The molecule has 2 aromatic carbocycles. The van der Waals surface area contributed by atoms with E-state index in [1.807, 2.05) is 25.1 Å². The van der Waals surface area contributed by atoms with Gasteiger partial charge in [0, 0.05) is 35.9 Å². The molecule has 1 N–H and O–H groups in total. The molecule has 2 aromatic heterocycles. The fraction of sp³-hybridized carbons (Fsp3) is 0.154. The third-order valence-electron chi connectivity index (χ3n) is 5.39. The summed E-state index contributed by atoms with van der Waals surface area (Å²) < 4.78 is 12.3. The van der Waals surface area contributed by atoms with Gasteiger partial charge in [0.1, 0.15) is 6.54 Å². The van der Waals surface area contributed by atoms with Crippen LogP contribution in [0.5, 0.6) is 11.5 Å². The molecule has 0 bridgehead atoms. The molecule has 0 aliphatic heterocycles. The number of benzene rings is 2. The second-order valence-corrected chi connectivity index (χ2v) is 7.71. The number of methoxy groups -OCH3 is 2. The Hall–Kier alpha value is -4.46. The van der Waals surface area contributed by atoms with Crippen molar-refractivity contribution in [2.24, 2.45) is 0 Å². The number of pyridine rings is 2. The van der Waals surface area contributed by atoms with Crippen molar-refractivity contribution in [1.82, 2.24) is 9.55 Å². The molecule has 0 radical (unpaired) electrons. The van der Waals surface area contributed by atoms with Gasteiger partial charge < -0.3 is 19.4 Å². The molecular weight excluding hydrogens is 434 g/mol. The molecule has 4 rings (SSSR count). The molecule has 0 atom stereocenters. The number of hydrogen-bond donors (Lipinski definition) is 1. The normalized spacial score (nSPS) is 10.7. The average molecular weight is 457 g/mol. The second-order valence-electron chi connectivity index (χ2n) is 7.71. The predicted octanol–water partition coefficient (Wildman–Crippen LogP) is 3.59. The van der Waals surface area contributed by atoms with E-state index in [4.69, 9.17) is 9.47 Å². The Balaban J connectivity index is 1.84. The van der Waals surface area contributed by atoms with Gasteiger partial charge in [0.2, 0.25) is 11.3 Å². The van der Waals surface area contributed by atoms with Gasteiger partial charge in [0.15, 0.2) is 17.3 Å². The van der Waals surface area contributed by atoms with Crippen LogP contribution in [0.4, 0.5) is 5.69 Å². The van der Waals surface area contributed by atoms with Crippen LogP contribution in [0.25, 0.3) is 10.9 Å². The molecule has 34 heavy (non-hydrogen) atoms. The van der Waals surface area contributed by atoms with E-state index >= 15 is 0 Å². The van der Waals surface area contributed by atoms with Crippen molar-refractivity contribution in [3.8, 4) is 11.5 Å². The lowest BCUT2D eigenvalue weighted by atomic mass is 10.0. The molecule has 0 fully saturated rings. The van der Waals surface area contributed by atoms with Crippen LogP contribution in [0.1, 0.15) is 21.5 Å². The summed E-state index contributed by atoms with van der Waals surface area (Å²) in [5, 5.41) is 3.09. The fourth-order valence-corrected chi connectivity index (χ4v) is 3.75. The highest BCUT2D eigenvalue weighted by molar-refractivity contribution is 6.10. The molecule has 8 nitrogen and oxygen atoms in total. The second kappa shape index (κ2) is 9.58. The number of ketones is 1. The van der Waals surface area contributed by atoms with Gasteiger partial charge in [-0.05, 0) is 42.8 Å². The zero-order valence-electron chi connectivity index (χ0n) is 19.0. The maximum Gasteiger partial charge on any atom is 0.244 e. The number of fused-ring (bicyclic) bond motifs is 1. The lowest BCUT2D eigenvalue weighted by Crippen LogP contribution is -2.24. The van der Waals surface area contributed by atoms with Gasteiger partial charge in [-0.1, -0.05) is 12.1 Å². The Morgan fingerprint density at radius 3 is 2.38 bits per heavy atom. The first kappa shape index (κ1) is 22.7. The molecule has 0 saturated heterocycles. The monoisotopic (exact) mass is 457 g/mol. The highest BCUT2D eigenvalue weighted by Gasteiger charge is 2.20. The number of aromatic nitrogens is 2. The summed E-state index contributed by atoms with van der Waals surface area (Å²) in [5.74, 6) is -0.0311. The fourth-order valence-electron chi connectivity index (χ4n) is 3.75. The van der Waals surface area contributed by atoms with Crippen LogP contribution in [0.3, 0.4) is 0 Å². The van der Waals surface area contributed by atoms with Crippen LogP contribution in [-0.2, 0) is 11.3 Å². The number of carbonyl (C=O) groups is 2. The molecule has 0 unspecified atom stereocenters. The van der Waals surface area contributed by atoms with E-state index in [0.29, 0.717) is 28.3 Å². The van der Waals surface area contributed by atoms with Gasteiger partial charge in [0.05, 0.1) is 30.7 Å². The number of rotatable bonds is 7. The van der Waals surface area contributed by atoms with Crippen LogP contribution in [0.15, 0.2) is 71.9 Å². The van der Waals surface area contributed by atoms with E-state index in [-0.39, 0.29) is 23.4 Å². The minimum absolute atomic E-state index is 0.0609. The predicted molar refractivity (Wildman–Crippen MR) is 129 cm³/mol. The van der Waals surface area contributed by atoms with Crippen LogP contribution in [0, 0.1) is 6.92 Å². The number of carbonyl (C=O) groups excluding carboxylic acids is 2. The largest absolute Gasteiger partial charge is 0.493 e. The quantitative estimate of drug-likeness (QED) is 0.426. The van der Waals surface area contributed by atoms with E-state index in [0.717, 1.165) is 5.56 Å². The van der Waals surface area contributed by atoms with Gasteiger partial charge in [-0.15, -0.1) is 0 Å². The zero-order valence-corrected chi connectivity index (χ0v) is 19.0. The summed E-state index contributed by atoms with van der Waals surface area (Å²) >= 11 is 0. The van der Waals surface area contributed by atoms with E-state index in [2.05, 4.69) is 10.3 Å². The van der Waals surface area contributed by atoms with E-state index in [1.165, 1.54) is 51.0 Å². The summed E-state index contributed by atoms with van der Waals surface area (Å²) in [6.07, 6.45) is 4.38. The van der Waals surface area contributed by atoms with Gasteiger partial charge in [-0.25, -0.2) is 0 Å². The van der Waals surface area contributed by atoms with Crippen molar-refractivity contribution in [3.63, 3.8) is 0 Å². The van der Waals surface area contributed by atoms with Gasteiger partial charge in [-0.2, -0.15) is 0 Å². The van der Waals surface area contributed by atoms with Gasteiger partial charge in [0.25, 0.3) is 0 Å². The third kappa shape index (κ3) is 4.52. The standard InChI is InChI=1S/C26H23N3O5/c1-16-5-4-6-18(11-16)28-24(30)15-29-14-20(25(31)17-7-9-27-10-8-17)26(32)19-12-22(33-2)23(34-3)13-21(19)29/h4-14H,15H2,1-3H3,(H,28,30). The highest BCUT2D eigenvalue weighted by atomic mass is 16.5.